The van der Waals surface area contributed by atoms with Crippen LogP contribution in [0.25, 0.3) is 17.1 Å². The molecule has 0 aliphatic carbocycles. The number of benzene rings is 1. The second-order valence-electron chi connectivity index (χ2n) is 4.35. The molecular weight excluding hydrogens is 356 g/mol. The van der Waals surface area contributed by atoms with Gasteiger partial charge in [0.25, 0.3) is 0 Å². The van der Waals surface area contributed by atoms with E-state index < -0.39 is 5.91 Å². The molecule has 0 saturated heterocycles. The number of carbonyl (C=O) groups excluding carboxylic acids is 1. The van der Waals surface area contributed by atoms with Crippen molar-refractivity contribution in [2.24, 2.45) is 0 Å². The number of aromatic nitrogens is 2. The topological polar surface area (TPSA) is 80.0 Å². The molecule has 6 nitrogen and oxygen atoms in total. The Morgan fingerprint density at radius 3 is 3.00 bits per heavy atom. The first-order valence-electron chi connectivity index (χ1n) is 6.38. The first-order chi connectivity index (χ1) is 11.1. The van der Waals surface area contributed by atoms with E-state index in [2.05, 4.69) is 19.4 Å². The number of carbonyl (C=O) groups is 1. The van der Waals surface area contributed by atoms with Crippen molar-refractivity contribution < 1.29 is 9.21 Å². The summed E-state index contributed by atoms with van der Waals surface area (Å²) in [6, 6.07) is 6.92. The van der Waals surface area contributed by atoms with Crippen LogP contribution in [0.1, 0.15) is 5.76 Å². The van der Waals surface area contributed by atoms with Gasteiger partial charge in [-0.25, -0.2) is 0 Å². The number of halogens is 1. The van der Waals surface area contributed by atoms with Crippen molar-refractivity contribution in [3.8, 4) is 0 Å². The molecule has 0 atom stereocenters. The Bertz CT molecular complexity index is 889. The van der Waals surface area contributed by atoms with E-state index in [1.54, 1.807) is 24.3 Å². The molecule has 9 heteroatoms. The predicted octanol–water partition coefficient (Wildman–Crippen LogP) is 3.46. The van der Waals surface area contributed by atoms with E-state index in [1.165, 1.54) is 18.4 Å². The fraction of sp³-hybridized carbons (Fsp3) is 0. The minimum Gasteiger partial charge on any atom is -0.465 e. The van der Waals surface area contributed by atoms with Crippen LogP contribution in [-0.2, 0) is 4.79 Å². The third kappa shape index (κ3) is 3.73. The number of rotatable bonds is 3. The highest BCUT2D eigenvalue weighted by atomic mass is 35.5. The number of nitrogens with zero attached hydrogens (tertiary/aromatic N) is 2. The third-order valence-electron chi connectivity index (χ3n) is 2.79. The molecule has 0 bridgehead atoms. The monoisotopic (exact) mass is 364 g/mol. The molecule has 1 aromatic carbocycles. The molecule has 3 rings (SSSR count). The fourth-order valence-corrected chi connectivity index (χ4v) is 2.73. The molecule has 3 aromatic rings. The van der Waals surface area contributed by atoms with Gasteiger partial charge in [-0.3, -0.25) is 10.1 Å². The number of furan rings is 1. The van der Waals surface area contributed by atoms with Crippen molar-refractivity contribution in [3.63, 3.8) is 0 Å². The number of anilines is 1. The van der Waals surface area contributed by atoms with Gasteiger partial charge in [0.2, 0.25) is 5.91 Å². The Hall–Kier alpha value is -2.29. The van der Waals surface area contributed by atoms with E-state index in [9.17, 15) is 4.79 Å². The summed E-state index contributed by atoms with van der Waals surface area (Å²) in [5.41, 5.74) is 1.82. The second kappa shape index (κ2) is 6.86. The van der Waals surface area contributed by atoms with Gasteiger partial charge in [-0.05, 0) is 42.6 Å². The van der Waals surface area contributed by atoms with Crippen LogP contribution in [0.2, 0.25) is 5.02 Å². The minimum atomic E-state index is -0.390. The maximum atomic E-state index is 11.8. The summed E-state index contributed by atoms with van der Waals surface area (Å²) in [6.45, 7) is 0. The van der Waals surface area contributed by atoms with Gasteiger partial charge in [-0.2, -0.15) is 8.75 Å². The lowest BCUT2D eigenvalue weighted by atomic mass is 10.2. The number of hydrogen-bond acceptors (Lipinski definition) is 6. The molecule has 2 N–H and O–H groups in total. The lowest BCUT2D eigenvalue weighted by Gasteiger charge is -2.09. The van der Waals surface area contributed by atoms with E-state index in [1.807, 2.05) is 0 Å². The van der Waals surface area contributed by atoms with E-state index in [-0.39, 0.29) is 5.11 Å². The van der Waals surface area contributed by atoms with Crippen LogP contribution in [0.5, 0.6) is 0 Å². The molecule has 2 heterocycles. The third-order valence-corrected chi connectivity index (χ3v) is 3.86. The van der Waals surface area contributed by atoms with E-state index in [4.69, 9.17) is 28.2 Å². The quantitative estimate of drug-likeness (QED) is 0.547. The van der Waals surface area contributed by atoms with Gasteiger partial charge in [-0.1, -0.05) is 11.6 Å². The highest BCUT2D eigenvalue weighted by Gasteiger charge is 2.12. The number of hydrogen-bond donors (Lipinski definition) is 2. The Kier molecular flexibility index (Phi) is 4.65. The fourth-order valence-electron chi connectivity index (χ4n) is 1.79. The molecule has 1 amide bonds. The summed E-state index contributed by atoms with van der Waals surface area (Å²) in [7, 11) is 0. The standard InChI is InChI=1S/C14H9ClN4O2S2/c15-9-4-5-10-13(19-23-18-10)12(9)17-14(22)16-11(20)6-3-8-2-1-7-21-8/h1-7H,(H2,16,17,20,22)/b6-3+. The molecule has 116 valence electrons. The Morgan fingerprint density at radius 1 is 1.35 bits per heavy atom. The zero-order valence-electron chi connectivity index (χ0n) is 11.4. The molecule has 0 unspecified atom stereocenters. The summed E-state index contributed by atoms with van der Waals surface area (Å²) < 4.78 is 13.4. The summed E-state index contributed by atoms with van der Waals surface area (Å²) in [5.74, 6) is 0.180. The van der Waals surface area contributed by atoms with Gasteiger partial charge >= 0.3 is 0 Å². The van der Waals surface area contributed by atoms with Crippen LogP contribution < -0.4 is 10.6 Å². The Morgan fingerprint density at radius 2 is 2.22 bits per heavy atom. The highest BCUT2D eigenvalue weighted by molar-refractivity contribution is 7.80. The van der Waals surface area contributed by atoms with Gasteiger partial charge in [0.05, 0.1) is 28.7 Å². The Labute approximate surface area is 145 Å². The van der Waals surface area contributed by atoms with Crippen molar-refractivity contribution in [3.05, 3.63) is 47.4 Å². The first kappa shape index (κ1) is 15.6. The SMILES string of the molecule is O=C(/C=C/c1ccco1)NC(=S)Nc1c(Cl)ccc2nsnc12. The minimum absolute atomic E-state index is 0.112. The molecule has 0 aliphatic rings. The number of fused-ring (bicyclic) bond motifs is 1. The molecule has 2 aromatic heterocycles. The lowest BCUT2D eigenvalue weighted by molar-refractivity contribution is -0.115. The molecule has 23 heavy (non-hydrogen) atoms. The van der Waals surface area contributed by atoms with Crippen LogP contribution in [-0.4, -0.2) is 19.8 Å². The zero-order valence-corrected chi connectivity index (χ0v) is 13.8. The van der Waals surface area contributed by atoms with Crippen LogP contribution >= 0.6 is 35.5 Å². The molecular formula is C14H9ClN4O2S2. The summed E-state index contributed by atoms with van der Waals surface area (Å²) in [6.07, 6.45) is 4.38. The summed E-state index contributed by atoms with van der Waals surface area (Å²) in [5, 5.41) is 5.95. The Balaban J connectivity index is 1.68. The van der Waals surface area contributed by atoms with Crippen molar-refractivity contribution >= 4 is 69.4 Å². The van der Waals surface area contributed by atoms with E-state index >= 15 is 0 Å². The normalized spacial score (nSPS) is 11.0. The maximum absolute atomic E-state index is 11.8. The molecule has 0 aliphatic heterocycles. The van der Waals surface area contributed by atoms with Gasteiger partial charge < -0.3 is 9.73 Å². The molecule has 0 fully saturated rings. The largest absolute Gasteiger partial charge is 0.465 e. The number of thiocarbonyl (C=S) groups is 1. The zero-order chi connectivity index (χ0) is 16.2. The van der Waals surface area contributed by atoms with Crippen LogP contribution in [0, 0.1) is 0 Å². The van der Waals surface area contributed by atoms with Crippen molar-refractivity contribution in [1.29, 1.82) is 0 Å². The van der Waals surface area contributed by atoms with Gasteiger partial charge in [-0.15, -0.1) is 0 Å². The van der Waals surface area contributed by atoms with Crippen LogP contribution in [0.4, 0.5) is 5.69 Å². The average molecular weight is 365 g/mol. The summed E-state index contributed by atoms with van der Waals surface area (Å²) in [4.78, 5) is 11.8. The molecule has 0 spiro atoms. The van der Waals surface area contributed by atoms with Crippen molar-refractivity contribution in [2.45, 2.75) is 0 Å². The predicted molar refractivity (Wildman–Crippen MR) is 94.5 cm³/mol. The first-order valence-corrected chi connectivity index (χ1v) is 7.89. The average Bonchev–Trinajstić information content (AvgIpc) is 3.19. The second-order valence-corrected chi connectivity index (χ2v) is 5.69. The highest BCUT2D eigenvalue weighted by Crippen LogP contribution is 2.29. The van der Waals surface area contributed by atoms with Crippen molar-refractivity contribution in [2.75, 3.05) is 5.32 Å². The lowest BCUT2D eigenvalue weighted by Crippen LogP contribution is -2.33. The van der Waals surface area contributed by atoms with Crippen molar-refractivity contribution in [1.82, 2.24) is 14.1 Å². The molecule has 0 saturated carbocycles. The van der Waals surface area contributed by atoms with E-state index in [0.717, 1.165) is 11.7 Å². The van der Waals surface area contributed by atoms with Gasteiger partial charge in [0, 0.05) is 6.08 Å². The van der Waals surface area contributed by atoms with Gasteiger partial charge in [0.15, 0.2) is 5.11 Å². The number of nitrogens with one attached hydrogen (secondary N) is 2. The van der Waals surface area contributed by atoms with E-state index in [0.29, 0.717) is 27.5 Å². The van der Waals surface area contributed by atoms with Crippen LogP contribution in [0.3, 0.4) is 0 Å². The maximum Gasteiger partial charge on any atom is 0.250 e. The van der Waals surface area contributed by atoms with Crippen LogP contribution in [0.15, 0.2) is 41.0 Å². The number of amides is 1. The smallest absolute Gasteiger partial charge is 0.250 e. The molecule has 0 radical (unpaired) electrons. The summed E-state index contributed by atoms with van der Waals surface area (Å²) >= 11 is 12.3. The van der Waals surface area contributed by atoms with Gasteiger partial charge in [0.1, 0.15) is 16.8 Å².